The van der Waals surface area contributed by atoms with Crippen LogP contribution in [0.15, 0.2) is 45.8 Å². The number of anilines is 1. The summed E-state index contributed by atoms with van der Waals surface area (Å²) in [6, 6.07) is 8.58. The number of thioether (sulfide) groups is 1. The Morgan fingerprint density at radius 1 is 1.22 bits per heavy atom. The van der Waals surface area contributed by atoms with Crippen LogP contribution in [0.3, 0.4) is 0 Å². The fourth-order valence-corrected chi connectivity index (χ4v) is 5.42. The Morgan fingerprint density at radius 2 is 1.88 bits per heavy atom. The van der Waals surface area contributed by atoms with Gasteiger partial charge in [0.15, 0.2) is 9.84 Å². The van der Waals surface area contributed by atoms with Crippen LogP contribution < -0.4 is 10.2 Å². The maximum atomic E-state index is 15.5. The van der Waals surface area contributed by atoms with E-state index < -0.39 is 44.0 Å². The minimum Gasteiger partial charge on any atom is -0.444 e. The average molecular weight is 625 g/mol. The molecule has 2 heterocycles. The van der Waals surface area contributed by atoms with Crippen LogP contribution in [-0.2, 0) is 30.7 Å². The Kier molecular flexibility index (Phi) is 8.45. The number of nitrogens with zero attached hydrogens (tertiary/aromatic N) is 3. The van der Waals surface area contributed by atoms with Gasteiger partial charge in [0.05, 0.1) is 17.8 Å². The number of hydrogen-bond donors (Lipinski definition) is 1. The second kappa shape index (κ2) is 11.3. The zero-order valence-corrected chi connectivity index (χ0v) is 25.7. The predicted molar refractivity (Wildman–Crippen MR) is 154 cm³/mol. The maximum Gasteiger partial charge on any atom is 0.408 e. The van der Waals surface area contributed by atoms with E-state index in [1.165, 1.54) is 42.6 Å². The smallest absolute Gasteiger partial charge is 0.408 e. The molecule has 10 nitrogen and oxygen atoms in total. The summed E-state index contributed by atoms with van der Waals surface area (Å²) >= 11 is 7.24. The predicted octanol–water partition coefficient (Wildman–Crippen LogP) is 5.34. The normalized spacial score (nSPS) is 16.2. The second-order valence-corrected chi connectivity index (χ2v) is 15.1. The second-order valence-electron chi connectivity index (χ2n) is 11.1. The summed E-state index contributed by atoms with van der Waals surface area (Å²) in [5.74, 6) is -1.39. The molecular formula is C27H30ClFN4O6S2. The first-order valence-electron chi connectivity index (χ1n) is 12.5. The summed E-state index contributed by atoms with van der Waals surface area (Å²) in [7, 11) is -3.64. The van der Waals surface area contributed by atoms with Crippen LogP contribution in [-0.4, -0.2) is 54.2 Å². The molecule has 1 N–H and O–H groups in total. The minimum absolute atomic E-state index is 0.0831. The van der Waals surface area contributed by atoms with Crippen molar-refractivity contribution in [2.75, 3.05) is 16.9 Å². The van der Waals surface area contributed by atoms with E-state index in [0.29, 0.717) is 15.6 Å². The van der Waals surface area contributed by atoms with E-state index in [4.69, 9.17) is 20.9 Å². The number of amides is 2. The van der Waals surface area contributed by atoms with Crippen molar-refractivity contribution < 1.29 is 31.7 Å². The van der Waals surface area contributed by atoms with Gasteiger partial charge in [-0.1, -0.05) is 28.9 Å². The van der Waals surface area contributed by atoms with Gasteiger partial charge >= 0.3 is 6.09 Å². The van der Waals surface area contributed by atoms with Gasteiger partial charge in [0.25, 0.3) is 5.91 Å². The van der Waals surface area contributed by atoms with E-state index in [2.05, 4.69) is 15.5 Å². The summed E-state index contributed by atoms with van der Waals surface area (Å²) in [5.41, 5.74) is 0.230. The molecular weight excluding hydrogens is 595 g/mol. The van der Waals surface area contributed by atoms with Crippen LogP contribution >= 0.6 is 23.4 Å². The van der Waals surface area contributed by atoms with Gasteiger partial charge < -0.3 is 19.5 Å². The molecule has 3 aromatic rings. The van der Waals surface area contributed by atoms with Gasteiger partial charge in [-0.15, -0.1) is 11.8 Å². The molecule has 2 aromatic carbocycles. The van der Waals surface area contributed by atoms with Crippen LogP contribution in [0.1, 0.15) is 46.1 Å². The van der Waals surface area contributed by atoms with Crippen molar-refractivity contribution in [2.24, 2.45) is 0 Å². The van der Waals surface area contributed by atoms with Crippen molar-refractivity contribution in [2.45, 2.75) is 62.4 Å². The maximum absolute atomic E-state index is 15.5. The van der Waals surface area contributed by atoms with Crippen molar-refractivity contribution in [3.8, 4) is 11.4 Å². The van der Waals surface area contributed by atoms with E-state index in [1.807, 2.05) is 0 Å². The topological polar surface area (TPSA) is 132 Å². The molecule has 14 heteroatoms. The van der Waals surface area contributed by atoms with E-state index in [-0.39, 0.29) is 29.6 Å². The molecule has 0 saturated carbocycles. The molecule has 0 unspecified atom stereocenters. The number of nitrogens with one attached hydrogen (secondary N) is 1. The first-order valence-corrected chi connectivity index (χ1v) is 15.8. The number of halogens is 2. The van der Waals surface area contributed by atoms with Gasteiger partial charge in [-0.05, 0) is 64.4 Å². The van der Waals surface area contributed by atoms with Crippen molar-refractivity contribution >= 4 is 50.9 Å². The highest BCUT2D eigenvalue weighted by atomic mass is 35.5. The summed E-state index contributed by atoms with van der Waals surface area (Å²) in [6.07, 6.45) is 0.285. The Labute approximate surface area is 246 Å². The zero-order valence-electron chi connectivity index (χ0n) is 23.3. The summed E-state index contributed by atoms with van der Waals surface area (Å²) < 4.78 is 49.0. The monoisotopic (exact) mass is 624 g/mol. The van der Waals surface area contributed by atoms with E-state index in [9.17, 15) is 18.0 Å². The largest absolute Gasteiger partial charge is 0.444 e. The van der Waals surface area contributed by atoms with Crippen LogP contribution in [0, 0.1) is 5.82 Å². The van der Waals surface area contributed by atoms with Gasteiger partial charge in [0.2, 0.25) is 11.7 Å². The molecule has 1 aromatic heterocycles. The number of ether oxygens (including phenoxy) is 1. The highest BCUT2D eigenvalue weighted by molar-refractivity contribution is 7.99. The van der Waals surface area contributed by atoms with Gasteiger partial charge in [-0.25, -0.2) is 17.6 Å². The molecule has 220 valence electrons. The van der Waals surface area contributed by atoms with Gasteiger partial charge in [0, 0.05) is 21.9 Å². The van der Waals surface area contributed by atoms with Crippen LogP contribution in [0.25, 0.3) is 11.4 Å². The van der Waals surface area contributed by atoms with Crippen molar-refractivity contribution in [3.05, 3.63) is 58.7 Å². The molecule has 4 rings (SSSR count). The molecule has 2 amide bonds. The number of carbonyl (C=O) groups excluding carboxylic acids is 2. The zero-order chi connectivity index (χ0) is 30.3. The standard InChI is InChI=1S/C27H30ClFN4O6S2/c1-26(2,3)38-25(35)30-19-14-40-21-12-18(29)17(22-31-24(39-32-22)27(4,5)41(6,36)37)11-20(21)33(23(19)34)13-15-7-9-16(28)10-8-15/h7-12,19H,13-14H2,1-6H3,(H,30,35)/t19-/m0/s1. The Hall–Kier alpha value is -3.16. The molecule has 1 atom stereocenters. The lowest BCUT2D eigenvalue weighted by Crippen LogP contribution is -2.50. The fraction of sp³-hybridized carbons (Fsp3) is 0.407. The number of aromatic nitrogens is 2. The van der Waals surface area contributed by atoms with Crippen LogP contribution in [0.4, 0.5) is 14.9 Å². The number of carbonyl (C=O) groups is 2. The third-order valence-electron chi connectivity index (χ3n) is 6.36. The summed E-state index contributed by atoms with van der Waals surface area (Å²) in [5, 5.41) is 6.99. The van der Waals surface area contributed by atoms with Crippen LogP contribution in [0.5, 0.6) is 0 Å². The fourth-order valence-electron chi connectivity index (χ4n) is 3.82. The van der Waals surface area contributed by atoms with E-state index in [1.54, 1.807) is 45.0 Å². The molecule has 0 bridgehead atoms. The number of fused-ring (bicyclic) bond motifs is 1. The average Bonchev–Trinajstić information content (AvgIpc) is 3.31. The first kappa shape index (κ1) is 30.8. The lowest BCUT2D eigenvalue weighted by atomic mass is 10.1. The number of sulfone groups is 1. The molecule has 0 fully saturated rings. The lowest BCUT2D eigenvalue weighted by Gasteiger charge is -2.27. The molecule has 0 aliphatic carbocycles. The molecule has 0 radical (unpaired) electrons. The third-order valence-corrected chi connectivity index (χ3v) is 9.78. The van der Waals surface area contributed by atoms with Gasteiger partial charge in [0.1, 0.15) is 22.2 Å². The molecule has 1 aliphatic heterocycles. The highest BCUT2D eigenvalue weighted by Crippen LogP contribution is 2.40. The highest BCUT2D eigenvalue weighted by Gasteiger charge is 2.39. The number of alkyl carbamates (subject to hydrolysis) is 1. The van der Waals surface area contributed by atoms with E-state index >= 15 is 4.39 Å². The Morgan fingerprint density at radius 3 is 2.49 bits per heavy atom. The lowest BCUT2D eigenvalue weighted by molar-refractivity contribution is -0.120. The van der Waals surface area contributed by atoms with Gasteiger partial charge in [-0.2, -0.15) is 4.98 Å². The van der Waals surface area contributed by atoms with Crippen molar-refractivity contribution in [1.82, 2.24) is 15.5 Å². The Bertz CT molecular complexity index is 1590. The summed E-state index contributed by atoms with van der Waals surface area (Å²) in [6.45, 7) is 8.04. The number of benzene rings is 2. The quantitative estimate of drug-likeness (QED) is 0.386. The molecule has 0 spiro atoms. The first-order chi connectivity index (χ1) is 19.0. The molecule has 0 saturated heterocycles. The number of rotatable bonds is 6. The SMILES string of the molecule is CC(C)(C)OC(=O)N[C@H]1CSc2cc(F)c(-c3noc(C(C)(C)S(C)(=O)=O)n3)cc2N(Cc2ccc(Cl)cc2)C1=O. The Balaban J connectivity index is 1.77. The number of hydrogen-bond acceptors (Lipinski definition) is 9. The van der Waals surface area contributed by atoms with Crippen molar-refractivity contribution in [3.63, 3.8) is 0 Å². The van der Waals surface area contributed by atoms with Crippen LogP contribution in [0.2, 0.25) is 5.02 Å². The summed E-state index contributed by atoms with van der Waals surface area (Å²) in [4.78, 5) is 32.5. The van der Waals surface area contributed by atoms with E-state index in [0.717, 1.165) is 11.8 Å². The minimum atomic E-state index is -3.64. The van der Waals surface area contributed by atoms with Crippen molar-refractivity contribution in [1.29, 1.82) is 0 Å². The third kappa shape index (κ3) is 6.84. The molecule has 1 aliphatic rings. The molecule has 41 heavy (non-hydrogen) atoms. The van der Waals surface area contributed by atoms with Gasteiger partial charge in [-0.3, -0.25) is 4.79 Å².